The number of carbonyl (C=O) groups excluding carboxylic acids is 1. The summed E-state index contributed by atoms with van der Waals surface area (Å²) in [5, 5.41) is 0. The Bertz CT molecular complexity index is 391. The van der Waals surface area contributed by atoms with Crippen LogP contribution in [0.3, 0.4) is 0 Å². The highest BCUT2D eigenvalue weighted by Gasteiger charge is 2.24. The molecule has 94 valence electrons. The first-order valence-electron chi connectivity index (χ1n) is 5.70. The highest BCUT2D eigenvalue weighted by Crippen LogP contribution is 2.21. The van der Waals surface area contributed by atoms with Crippen molar-refractivity contribution in [2.75, 3.05) is 5.75 Å². The Morgan fingerprint density at radius 2 is 2.18 bits per heavy atom. The summed E-state index contributed by atoms with van der Waals surface area (Å²) in [7, 11) is 0. The van der Waals surface area contributed by atoms with E-state index in [4.69, 9.17) is 11.5 Å². The number of thioether (sulfide) groups is 1. The second kappa shape index (κ2) is 6.07. The number of hydrogen-bond donors (Lipinski definition) is 2. The topological polar surface area (TPSA) is 69.1 Å². The Labute approximate surface area is 107 Å². The first kappa shape index (κ1) is 14.1. The van der Waals surface area contributed by atoms with Crippen molar-refractivity contribution in [3.8, 4) is 0 Å². The van der Waals surface area contributed by atoms with Gasteiger partial charge in [-0.2, -0.15) is 0 Å². The third-order valence-corrected chi connectivity index (χ3v) is 3.74. The molecule has 1 aromatic carbocycles. The molecule has 0 saturated carbocycles. The molecular weight excluding hydrogens is 232 g/mol. The number of aryl methyl sites for hydroxylation is 1. The van der Waals surface area contributed by atoms with Crippen LogP contribution in [0, 0.1) is 6.92 Å². The molecule has 0 fully saturated rings. The van der Waals surface area contributed by atoms with Crippen molar-refractivity contribution >= 4 is 17.7 Å². The molecule has 1 aromatic rings. The predicted octanol–water partition coefficient (Wildman–Crippen LogP) is 2.07. The van der Waals surface area contributed by atoms with Crippen LogP contribution in [0.15, 0.2) is 29.2 Å². The molecule has 0 spiro atoms. The molecule has 0 radical (unpaired) electrons. The minimum Gasteiger partial charge on any atom is -0.368 e. The predicted molar refractivity (Wildman–Crippen MR) is 72.9 cm³/mol. The molecule has 0 saturated heterocycles. The molecule has 0 aliphatic carbocycles. The molecule has 0 aromatic heterocycles. The van der Waals surface area contributed by atoms with E-state index in [0.29, 0.717) is 6.42 Å². The maximum Gasteiger partial charge on any atom is 0.237 e. The standard InChI is InChI=1S/C13H20N2OS/c1-10-5-3-6-11(9-10)17-8-4-7-13(2,15)12(14)16/h3,5-6,9H,4,7-8,15H2,1-2H3,(H2,14,16). The van der Waals surface area contributed by atoms with Crippen molar-refractivity contribution in [1.82, 2.24) is 0 Å². The van der Waals surface area contributed by atoms with Gasteiger partial charge in [-0.1, -0.05) is 17.7 Å². The molecule has 3 nitrogen and oxygen atoms in total. The fourth-order valence-electron chi connectivity index (χ4n) is 1.46. The van der Waals surface area contributed by atoms with E-state index in [9.17, 15) is 4.79 Å². The smallest absolute Gasteiger partial charge is 0.237 e. The molecule has 17 heavy (non-hydrogen) atoms. The van der Waals surface area contributed by atoms with Gasteiger partial charge in [0.25, 0.3) is 0 Å². The average Bonchev–Trinajstić information content (AvgIpc) is 2.24. The van der Waals surface area contributed by atoms with Crippen LogP contribution < -0.4 is 11.5 Å². The van der Waals surface area contributed by atoms with Crippen LogP contribution in [0.4, 0.5) is 0 Å². The van der Waals surface area contributed by atoms with Crippen molar-refractivity contribution in [3.05, 3.63) is 29.8 Å². The molecule has 0 heterocycles. The van der Waals surface area contributed by atoms with Gasteiger partial charge >= 0.3 is 0 Å². The lowest BCUT2D eigenvalue weighted by Crippen LogP contribution is -2.49. The number of primary amides is 1. The number of rotatable bonds is 6. The van der Waals surface area contributed by atoms with Gasteiger partial charge in [-0.15, -0.1) is 11.8 Å². The van der Waals surface area contributed by atoms with Crippen LogP contribution in [0.1, 0.15) is 25.3 Å². The number of carbonyl (C=O) groups is 1. The molecule has 1 rings (SSSR count). The van der Waals surface area contributed by atoms with Crippen LogP contribution in [0.25, 0.3) is 0 Å². The number of benzene rings is 1. The average molecular weight is 252 g/mol. The number of nitrogens with two attached hydrogens (primary N) is 2. The molecule has 0 bridgehead atoms. The van der Waals surface area contributed by atoms with Gasteiger partial charge in [0.2, 0.25) is 5.91 Å². The molecule has 4 N–H and O–H groups in total. The van der Waals surface area contributed by atoms with Gasteiger partial charge in [0, 0.05) is 4.90 Å². The maximum absolute atomic E-state index is 11.0. The fraction of sp³-hybridized carbons (Fsp3) is 0.462. The zero-order valence-electron chi connectivity index (χ0n) is 10.4. The van der Waals surface area contributed by atoms with E-state index in [1.54, 1.807) is 18.7 Å². The quantitative estimate of drug-likeness (QED) is 0.601. The van der Waals surface area contributed by atoms with Crippen LogP contribution >= 0.6 is 11.8 Å². The van der Waals surface area contributed by atoms with E-state index in [1.165, 1.54) is 10.5 Å². The van der Waals surface area contributed by atoms with Gasteiger partial charge in [-0.25, -0.2) is 0 Å². The number of amides is 1. The molecule has 0 aliphatic rings. The van der Waals surface area contributed by atoms with E-state index < -0.39 is 11.4 Å². The van der Waals surface area contributed by atoms with Gasteiger partial charge in [0.05, 0.1) is 5.54 Å². The molecule has 0 aliphatic heterocycles. The number of hydrogen-bond acceptors (Lipinski definition) is 3. The van der Waals surface area contributed by atoms with Crippen molar-refractivity contribution < 1.29 is 4.79 Å². The van der Waals surface area contributed by atoms with Crippen molar-refractivity contribution in [1.29, 1.82) is 0 Å². The minimum atomic E-state index is -0.882. The molecule has 1 atom stereocenters. The van der Waals surface area contributed by atoms with E-state index in [1.807, 2.05) is 6.07 Å². The summed E-state index contributed by atoms with van der Waals surface area (Å²) >= 11 is 1.78. The highest BCUT2D eigenvalue weighted by molar-refractivity contribution is 7.99. The van der Waals surface area contributed by atoms with E-state index in [2.05, 4.69) is 25.1 Å². The first-order chi connectivity index (χ1) is 7.92. The largest absolute Gasteiger partial charge is 0.368 e. The van der Waals surface area contributed by atoms with E-state index in [0.717, 1.165) is 12.2 Å². The van der Waals surface area contributed by atoms with Gasteiger partial charge < -0.3 is 11.5 Å². The second-order valence-electron chi connectivity index (χ2n) is 4.55. The Balaban J connectivity index is 2.32. The van der Waals surface area contributed by atoms with Gasteiger partial charge in [-0.3, -0.25) is 4.79 Å². The maximum atomic E-state index is 11.0. The van der Waals surface area contributed by atoms with Gasteiger partial charge in [-0.05, 0) is 44.6 Å². The monoisotopic (exact) mass is 252 g/mol. The summed E-state index contributed by atoms with van der Waals surface area (Å²) in [6.45, 7) is 3.76. The Hall–Kier alpha value is -1.00. The van der Waals surface area contributed by atoms with E-state index >= 15 is 0 Å². The first-order valence-corrected chi connectivity index (χ1v) is 6.68. The van der Waals surface area contributed by atoms with Crippen molar-refractivity contribution in [2.24, 2.45) is 11.5 Å². The van der Waals surface area contributed by atoms with Gasteiger partial charge in [0.15, 0.2) is 0 Å². The summed E-state index contributed by atoms with van der Waals surface area (Å²) in [6.07, 6.45) is 1.51. The summed E-state index contributed by atoms with van der Waals surface area (Å²) in [5.41, 5.74) is 11.4. The summed E-state index contributed by atoms with van der Waals surface area (Å²) in [4.78, 5) is 12.3. The third-order valence-electron chi connectivity index (χ3n) is 2.66. The third kappa shape index (κ3) is 4.79. The fourth-order valence-corrected chi connectivity index (χ4v) is 2.43. The molecule has 1 unspecified atom stereocenters. The second-order valence-corrected chi connectivity index (χ2v) is 5.72. The molecular formula is C13H20N2OS. The van der Waals surface area contributed by atoms with Crippen molar-refractivity contribution in [2.45, 2.75) is 37.1 Å². The lowest BCUT2D eigenvalue weighted by Gasteiger charge is -2.19. The molecule has 1 amide bonds. The van der Waals surface area contributed by atoms with Crippen LogP contribution in [0.5, 0.6) is 0 Å². The van der Waals surface area contributed by atoms with Crippen LogP contribution in [0.2, 0.25) is 0 Å². The van der Waals surface area contributed by atoms with Gasteiger partial charge in [0.1, 0.15) is 0 Å². The van der Waals surface area contributed by atoms with Crippen molar-refractivity contribution in [3.63, 3.8) is 0 Å². The normalized spacial score (nSPS) is 14.3. The zero-order valence-corrected chi connectivity index (χ0v) is 11.2. The Morgan fingerprint density at radius 1 is 1.47 bits per heavy atom. The summed E-state index contributed by atoms with van der Waals surface area (Å²) in [5.74, 6) is 0.516. The lowest BCUT2D eigenvalue weighted by molar-refractivity contribution is -0.122. The SMILES string of the molecule is Cc1cccc(SCCCC(C)(N)C(N)=O)c1. The van der Waals surface area contributed by atoms with E-state index in [-0.39, 0.29) is 0 Å². The summed E-state index contributed by atoms with van der Waals surface area (Å²) < 4.78 is 0. The molecule has 4 heteroatoms. The Kier molecular flexibility index (Phi) is 5.02. The zero-order chi connectivity index (χ0) is 12.9. The minimum absolute atomic E-state index is 0.432. The highest BCUT2D eigenvalue weighted by atomic mass is 32.2. The Morgan fingerprint density at radius 3 is 2.76 bits per heavy atom. The van der Waals surface area contributed by atoms with Crippen LogP contribution in [-0.4, -0.2) is 17.2 Å². The summed E-state index contributed by atoms with van der Waals surface area (Å²) in [6, 6.07) is 8.37. The van der Waals surface area contributed by atoms with Crippen LogP contribution in [-0.2, 0) is 4.79 Å². The lowest BCUT2D eigenvalue weighted by atomic mass is 9.97.